The molecule has 1 aromatic rings. The van der Waals surface area contributed by atoms with Crippen LogP contribution in [0.5, 0.6) is 0 Å². The molecule has 94 valence electrons. The summed E-state index contributed by atoms with van der Waals surface area (Å²) in [4.78, 5) is 4.33. The second-order valence-corrected chi connectivity index (χ2v) is 6.67. The van der Waals surface area contributed by atoms with Gasteiger partial charge in [0.15, 0.2) is 0 Å². The lowest BCUT2D eigenvalue weighted by Gasteiger charge is -2.35. The first kappa shape index (κ1) is 12.9. The van der Waals surface area contributed by atoms with Gasteiger partial charge in [-0.05, 0) is 65.6 Å². The molecule has 1 aromatic heterocycles. The Morgan fingerprint density at radius 2 is 2.00 bits per heavy atom. The normalized spacial score (nSPS) is 20.2. The van der Waals surface area contributed by atoms with Gasteiger partial charge in [-0.3, -0.25) is 0 Å². The van der Waals surface area contributed by atoms with E-state index in [1.165, 1.54) is 31.2 Å². The maximum absolute atomic E-state index is 4.33. The quantitative estimate of drug-likeness (QED) is 0.811. The average Bonchev–Trinajstić information content (AvgIpc) is 2.27. The Kier molecular flexibility index (Phi) is 3.76. The first-order valence-electron chi connectivity index (χ1n) is 6.35. The number of anilines is 1. The zero-order chi connectivity index (χ0) is 12.5. The van der Waals surface area contributed by atoms with Gasteiger partial charge in [0.1, 0.15) is 4.60 Å². The fraction of sp³-hybridized carbons (Fsp3) is 0.643. The highest BCUT2D eigenvalue weighted by Crippen LogP contribution is 2.36. The van der Waals surface area contributed by atoms with Crippen LogP contribution in [-0.2, 0) is 0 Å². The minimum Gasteiger partial charge on any atom is -0.381 e. The fourth-order valence-electron chi connectivity index (χ4n) is 2.42. The molecule has 0 aliphatic heterocycles. The molecule has 0 bridgehead atoms. The van der Waals surface area contributed by atoms with Gasteiger partial charge in [0, 0.05) is 6.04 Å². The van der Waals surface area contributed by atoms with Crippen LogP contribution in [0.15, 0.2) is 16.9 Å². The van der Waals surface area contributed by atoms with E-state index in [1.807, 2.05) is 6.20 Å². The molecule has 1 aliphatic rings. The summed E-state index contributed by atoms with van der Waals surface area (Å²) in [6.07, 6.45) is 7.07. The van der Waals surface area contributed by atoms with Crippen LogP contribution >= 0.6 is 15.9 Å². The topological polar surface area (TPSA) is 24.9 Å². The van der Waals surface area contributed by atoms with Crippen molar-refractivity contribution in [3.63, 3.8) is 0 Å². The smallest absolute Gasteiger partial charge is 0.109 e. The predicted molar refractivity (Wildman–Crippen MR) is 76.3 cm³/mol. The van der Waals surface area contributed by atoms with Crippen LogP contribution in [0.2, 0.25) is 0 Å². The number of nitrogens with zero attached hydrogens (tertiary/aromatic N) is 1. The van der Waals surface area contributed by atoms with Gasteiger partial charge in [-0.1, -0.05) is 13.8 Å². The van der Waals surface area contributed by atoms with Crippen molar-refractivity contribution < 1.29 is 0 Å². The zero-order valence-electron chi connectivity index (χ0n) is 10.9. The lowest BCUT2D eigenvalue weighted by molar-refractivity contribution is 0.232. The lowest BCUT2D eigenvalue weighted by Crippen LogP contribution is -2.29. The number of pyridine rings is 1. The van der Waals surface area contributed by atoms with E-state index in [0.29, 0.717) is 11.5 Å². The number of rotatable bonds is 2. The highest BCUT2D eigenvalue weighted by molar-refractivity contribution is 9.10. The minimum absolute atomic E-state index is 0.534. The average molecular weight is 297 g/mol. The Balaban J connectivity index is 1.95. The number of aryl methyl sites for hydroxylation is 1. The maximum atomic E-state index is 4.33. The van der Waals surface area contributed by atoms with Crippen LogP contribution in [0.1, 0.15) is 45.1 Å². The molecule has 1 saturated carbocycles. The molecule has 17 heavy (non-hydrogen) atoms. The van der Waals surface area contributed by atoms with Gasteiger partial charge in [0.2, 0.25) is 0 Å². The summed E-state index contributed by atoms with van der Waals surface area (Å²) in [5.74, 6) is 0. The molecular formula is C14H21BrN2. The van der Waals surface area contributed by atoms with Gasteiger partial charge in [0.05, 0.1) is 11.9 Å². The summed E-state index contributed by atoms with van der Waals surface area (Å²) in [6, 6.07) is 2.78. The molecule has 3 heteroatoms. The van der Waals surface area contributed by atoms with Gasteiger partial charge < -0.3 is 5.32 Å². The third kappa shape index (κ3) is 3.44. The Bertz CT molecular complexity index is 391. The van der Waals surface area contributed by atoms with Gasteiger partial charge in [-0.15, -0.1) is 0 Å². The van der Waals surface area contributed by atoms with E-state index in [9.17, 15) is 0 Å². The molecule has 2 rings (SSSR count). The number of aromatic nitrogens is 1. The summed E-state index contributed by atoms with van der Waals surface area (Å²) >= 11 is 3.43. The number of nitrogens with one attached hydrogen (secondary N) is 1. The lowest BCUT2D eigenvalue weighted by atomic mass is 9.75. The van der Waals surface area contributed by atoms with E-state index in [1.54, 1.807) is 0 Å². The van der Waals surface area contributed by atoms with Crippen molar-refractivity contribution in [1.82, 2.24) is 4.98 Å². The third-order valence-corrected chi connectivity index (χ3v) is 4.55. The highest BCUT2D eigenvalue weighted by atomic mass is 79.9. The highest BCUT2D eigenvalue weighted by Gasteiger charge is 2.26. The summed E-state index contributed by atoms with van der Waals surface area (Å²) in [5.41, 5.74) is 2.87. The number of halogens is 1. The second-order valence-electron chi connectivity index (χ2n) is 5.91. The molecule has 2 nitrogen and oxygen atoms in total. The third-order valence-electron chi connectivity index (χ3n) is 3.72. The van der Waals surface area contributed by atoms with Crippen molar-refractivity contribution in [3.8, 4) is 0 Å². The van der Waals surface area contributed by atoms with Gasteiger partial charge >= 0.3 is 0 Å². The van der Waals surface area contributed by atoms with E-state index < -0.39 is 0 Å². The van der Waals surface area contributed by atoms with Crippen molar-refractivity contribution in [2.75, 3.05) is 5.32 Å². The summed E-state index contributed by atoms with van der Waals surface area (Å²) in [6.45, 7) is 6.81. The standard InChI is InChI=1S/C14H21BrN2/c1-10-8-12(9-16-13(10)15)17-11-4-6-14(2,3)7-5-11/h8-9,11,17H,4-7H2,1-3H3. The van der Waals surface area contributed by atoms with E-state index in [4.69, 9.17) is 0 Å². The molecule has 0 unspecified atom stereocenters. The van der Waals surface area contributed by atoms with Crippen LogP contribution in [0.4, 0.5) is 5.69 Å². The molecule has 1 heterocycles. The van der Waals surface area contributed by atoms with Crippen molar-refractivity contribution in [2.45, 2.75) is 52.5 Å². The van der Waals surface area contributed by atoms with Crippen molar-refractivity contribution in [2.24, 2.45) is 5.41 Å². The van der Waals surface area contributed by atoms with Crippen LogP contribution < -0.4 is 5.32 Å². The van der Waals surface area contributed by atoms with Crippen molar-refractivity contribution in [1.29, 1.82) is 0 Å². The monoisotopic (exact) mass is 296 g/mol. The molecule has 0 radical (unpaired) electrons. The largest absolute Gasteiger partial charge is 0.381 e. The molecule has 0 saturated heterocycles. The van der Waals surface area contributed by atoms with Crippen LogP contribution in [0, 0.1) is 12.3 Å². The summed E-state index contributed by atoms with van der Waals surface area (Å²) < 4.78 is 0.938. The first-order chi connectivity index (χ1) is 7.96. The zero-order valence-corrected chi connectivity index (χ0v) is 12.5. The SMILES string of the molecule is Cc1cc(NC2CCC(C)(C)CC2)cnc1Br. The Morgan fingerprint density at radius 3 is 2.59 bits per heavy atom. The molecule has 1 fully saturated rings. The van der Waals surface area contributed by atoms with Crippen molar-refractivity contribution >= 4 is 21.6 Å². The molecule has 0 amide bonds. The molecule has 0 aromatic carbocycles. The predicted octanol–water partition coefficient (Wildman–Crippen LogP) is 4.53. The van der Waals surface area contributed by atoms with E-state index in [-0.39, 0.29) is 0 Å². The van der Waals surface area contributed by atoms with Gasteiger partial charge in [-0.25, -0.2) is 4.98 Å². The second kappa shape index (κ2) is 4.97. The van der Waals surface area contributed by atoms with E-state index >= 15 is 0 Å². The summed E-state index contributed by atoms with van der Waals surface area (Å²) in [7, 11) is 0. The van der Waals surface area contributed by atoms with E-state index in [2.05, 4.69) is 53.1 Å². The Morgan fingerprint density at radius 1 is 1.35 bits per heavy atom. The maximum Gasteiger partial charge on any atom is 0.109 e. The molecule has 0 atom stereocenters. The van der Waals surface area contributed by atoms with Crippen LogP contribution in [0.25, 0.3) is 0 Å². The van der Waals surface area contributed by atoms with Crippen LogP contribution in [0.3, 0.4) is 0 Å². The van der Waals surface area contributed by atoms with Crippen LogP contribution in [-0.4, -0.2) is 11.0 Å². The molecule has 1 N–H and O–H groups in total. The Labute approximate surface area is 112 Å². The minimum atomic E-state index is 0.534. The first-order valence-corrected chi connectivity index (χ1v) is 7.14. The summed E-state index contributed by atoms with van der Waals surface area (Å²) in [5, 5.41) is 3.60. The van der Waals surface area contributed by atoms with Gasteiger partial charge in [0.25, 0.3) is 0 Å². The fourth-order valence-corrected chi connectivity index (χ4v) is 2.63. The van der Waals surface area contributed by atoms with E-state index in [0.717, 1.165) is 10.3 Å². The Hall–Kier alpha value is -0.570. The molecule has 0 spiro atoms. The number of hydrogen-bond donors (Lipinski definition) is 1. The van der Waals surface area contributed by atoms with Gasteiger partial charge in [-0.2, -0.15) is 0 Å². The molecular weight excluding hydrogens is 276 g/mol. The number of hydrogen-bond acceptors (Lipinski definition) is 2. The van der Waals surface area contributed by atoms with Crippen molar-refractivity contribution in [3.05, 3.63) is 22.4 Å². The molecule has 1 aliphatic carbocycles.